The number of methoxy groups -OCH3 is 2. The Morgan fingerprint density at radius 1 is 1.08 bits per heavy atom. The molecule has 2 aromatic carbocycles. The van der Waals surface area contributed by atoms with Crippen molar-refractivity contribution in [3.8, 4) is 11.5 Å². The van der Waals surface area contributed by atoms with Gasteiger partial charge in [-0.1, -0.05) is 42.1 Å². The number of morpholine rings is 1. The van der Waals surface area contributed by atoms with Gasteiger partial charge in [-0.15, -0.1) is 0 Å². The van der Waals surface area contributed by atoms with Gasteiger partial charge in [0.2, 0.25) is 5.91 Å². The highest BCUT2D eigenvalue weighted by Crippen LogP contribution is 2.49. The summed E-state index contributed by atoms with van der Waals surface area (Å²) in [7, 11) is 3.17. The number of carbonyl (C=O) groups excluding carboxylic acids is 2. The molecule has 0 aromatic heterocycles. The summed E-state index contributed by atoms with van der Waals surface area (Å²) in [5, 5.41) is 2.62. The molecule has 10 heteroatoms. The van der Waals surface area contributed by atoms with Crippen molar-refractivity contribution in [3.63, 3.8) is 0 Å². The van der Waals surface area contributed by atoms with Gasteiger partial charge in [0, 0.05) is 36.0 Å². The van der Waals surface area contributed by atoms with Gasteiger partial charge in [-0.25, -0.2) is 9.79 Å². The molecule has 0 aliphatic carbocycles. The van der Waals surface area contributed by atoms with E-state index in [1.807, 2.05) is 57.7 Å². The molecule has 204 valence electrons. The van der Waals surface area contributed by atoms with E-state index in [4.69, 9.17) is 23.9 Å². The number of amidine groups is 1. The van der Waals surface area contributed by atoms with Crippen molar-refractivity contribution >= 4 is 34.5 Å². The maximum absolute atomic E-state index is 13.7. The second kappa shape index (κ2) is 12.0. The highest BCUT2D eigenvalue weighted by Gasteiger charge is 2.43. The largest absolute Gasteiger partial charge is 0.497 e. The van der Waals surface area contributed by atoms with Gasteiger partial charge in [0.05, 0.1) is 57.8 Å². The molecule has 1 saturated heterocycles. The van der Waals surface area contributed by atoms with Gasteiger partial charge in [-0.2, -0.15) is 0 Å². The van der Waals surface area contributed by atoms with Gasteiger partial charge in [0.25, 0.3) is 0 Å². The highest BCUT2D eigenvalue weighted by molar-refractivity contribution is 8.16. The lowest BCUT2D eigenvalue weighted by molar-refractivity contribution is -0.139. The summed E-state index contributed by atoms with van der Waals surface area (Å²) in [4.78, 5) is 35.7. The summed E-state index contributed by atoms with van der Waals surface area (Å²) >= 11 is 1.43. The Morgan fingerprint density at radius 3 is 2.54 bits per heavy atom. The average molecular weight is 550 g/mol. The zero-order chi connectivity index (χ0) is 27.4. The molecule has 2 aromatic rings. The average Bonchev–Trinajstić information content (AvgIpc) is 3.39. The Kier molecular flexibility index (Phi) is 8.23. The fourth-order valence-electron chi connectivity index (χ4n) is 4.91. The first-order valence-electron chi connectivity index (χ1n) is 12.8. The first kappa shape index (κ1) is 26.8. The lowest BCUT2D eigenvalue weighted by atomic mass is 9.90. The van der Waals surface area contributed by atoms with E-state index in [2.05, 4.69) is 0 Å². The van der Waals surface area contributed by atoms with Crippen LogP contribution in [0.3, 0.4) is 0 Å². The van der Waals surface area contributed by atoms with Gasteiger partial charge >= 0.3 is 5.97 Å². The number of aliphatic imine (C=N–C) groups is 1. The van der Waals surface area contributed by atoms with Crippen LogP contribution in [0, 0.1) is 0 Å². The van der Waals surface area contributed by atoms with Gasteiger partial charge in [-0.05, 0) is 24.5 Å². The van der Waals surface area contributed by atoms with E-state index in [1.54, 1.807) is 27.2 Å². The standard InChI is InChI=1S/C29H31N3O6S/c1-4-38-28(34)25-26(19-8-6-5-7-9-19)30-29-32(27(25)22-11-10-21(35-2)17-23(22)36-3)20(18-39-29)16-24(33)31-12-14-37-15-13-31/h5-11,17-18,27H,4,12-16H2,1-3H3. The Balaban J connectivity index is 1.65. The molecule has 0 bridgehead atoms. The summed E-state index contributed by atoms with van der Waals surface area (Å²) in [6.45, 7) is 4.15. The van der Waals surface area contributed by atoms with Crippen LogP contribution in [0.4, 0.5) is 0 Å². The van der Waals surface area contributed by atoms with Crippen LogP contribution >= 0.6 is 11.8 Å². The number of benzene rings is 2. The first-order chi connectivity index (χ1) is 19.0. The third-order valence-corrected chi connectivity index (χ3v) is 7.67. The Labute approximate surface area is 232 Å². The summed E-state index contributed by atoms with van der Waals surface area (Å²) in [6.07, 6.45) is 0.164. The summed E-state index contributed by atoms with van der Waals surface area (Å²) in [5.41, 5.74) is 3.19. The molecule has 9 nitrogen and oxygen atoms in total. The van der Waals surface area contributed by atoms with Crippen molar-refractivity contribution in [3.05, 3.63) is 76.3 Å². The monoisotopic (exact) mass is 549 g/mol. The van der Waals surface area contributed by atoms with E-state index in [-0.39, 0.29) is 18.9 Å². The highest BCUT2D eigenvalue weighted by atomic mass is 32.2. The van der Waals surface area contributed by atoms with Crippen LogP contribution in [0.25, 0.3) is 5.70 Å². The third-order valence-electron chi connectivity index (χ3n) is 6.78. The lowest BCUT2D eigenvalue weighted by Crippen LogP contribution is -2.42. The van der Waals surface area contributed by atoms with Crippen molar-refractivity contribution in [2.24, 2.45) is 4.99 Å². The SMILES string of the molecule is CCOC(=O)C1=C(c2ccccc2)N=C2SC=C(CC(=O)N3CCOCC3)N2C1c1ccc(OC)cc1OC. The second-order valence-corrected chi connectivity index (χ2v) is 9.86. The minimum absolute atomic E-state index is 0.00219. The fraction of sp³-hybridized carbons (Fsp3) is 0.345. The predicted molar refractivity (Wildman–Crippen MR) is 149 cm³/mol. The van der Waals surface area contributed by atoms with Crippen LogP contribution in [-0.4, -0.2) is 74.0 Å². The Hall–Kier alpha value is -3.76. The zero-order valence-electron chi connectivity index (χ0n) is 22.2. The number of rotatable bonds is 8. The van der Waals surface area contributed by atoms with Crippen molar-refractivity contribution in [2.45, 2.75) is 19.4 Å². The second-order valence-electron chi connectivity index (χ2n) is 9.02. The number of nitrogens with zero attached hydrogens (tertiary/aromatic N) is 3. The molecule has 1 unspecified atom stereocenters. The fourth-order valence-corrected chi connectivity index (χ4v) is 5.83. The van der Waals surface area contributed by atoms with Gasteiger partial charge in [-0.3, -0.25) is 4.79 Å². The molecule has 1 fully saturated rings. The molecular weight excluding hydrogens is 518 g/mol. The molecule has 1 atom stereocenters. The Morgan fingerprint density at radius 2 is 1.85 bits per heavy atom. The van der Waals surface area contributed by atoms with Crippen LogP contribution < -0.4 is 9.47 Å². The van der Waals surface area contributed by atoms with E-state index in [0.29, 0.717) is 54.2 Å². The molecule has 39 heavy (non-hydrogen) atoms. The van der Waals surface area contributed by atoms with E-state index in [0.717, 1.165) is 16.8 Å². The van der Waals surface area contributed by atoms with Crippen LogP contribution in [0.2, 0.25) is 0 Å². The molecule has 3 heterocycles. The number of carbonyl (C=O) groups is 2. The van der Waals surface area contributed by atoms with Crippen molar-refractivity contribution < 1.29 is 28.5 Å². The number of hydrogen-bond donors (Lipinski definition) is 0. The molecule has 1 amide bonds. The molecule has 5 rings (SSSR count). The van der Waals surface area contributed by atoms with Crippen LogP contribution in [-0.2, 0) is 19.1 Å². The van der Waals surface area contributed by atoms with Gasteiger partial charge in [0.1, 0.15) is 11.5 Å². The van der Waals surface area contributed by atoms with E-state index in [9.17, 15) is 9.59 Å². The topological polar surface area (TPSA) is 89.9 Å². The van der Waals surface area contributed by atoms with Crippen molar-refractivity contribution in [1.29, 1.82) is 0 Å². The molecular formula is C29H31N3O6S. The van der Waals surface area contributed by atoms with Crippen LogP contribution in [0.1, 0.15) is 30.5 Å². The predicted octanol–water partition coefficient (Wildman–Crippen LogP) is 4.23. The number of hydrogen-bond acceptors (Lipinski definition) is 9. The number of thioether (sulfide) groups is 1. The van der Waals surface area contributed by atoms with Gasteiger partial charge in [0.15, 0.2) is 5.17 Å². The minimum Gasteiger partial charge on any atom is -0.497 e. The Bertz CT molecular complexity index is 1330. The summed E-state index contributed by atoms with van der Waals surface area (Å²) in [5.74, 6) is 0.699. The number of fused-ring (bicyclic) bond motifs is 1. The third kappa shape index (κ3) is 5.39. The maximum atomic E-state index is 13.7. The van der Waals surface area contributed by atoms with E-state index in [1.165, 1.54) is 11.8 Å². The van der Waals surface area contributed by atoms with Crippen LogP contribution in [0.5, 0.6) is 11.5 Å². The number of ether oxygens (including phenoxy) is 4. The lowest BCUT2D eigenvalue weighted by Gasteiger charge is -2.37. The van der Waals surface area contributed by atoms with Gasteiger partial charge < -0.3 is 28.7 Å². The number of amides is 1. The number of esters is 1. The van der Waals surface area contributed by atoms with Crippen molar-refractivity contribution in [1.82, 2.24) is 9.80 Å². The van der Waals surface area contributed by atoms with Crippen LogP contribution in [0.15, 0.2) is 70.2 Å². The quantitative estimate of drug-likeness (QED) is 0.452. The molecule has 0 spiro atoms. The molecule has 0 radical (unpaired) electrons. The molecule has 3 aliphatic heterocycles. The summed E-state index contributed by atoms with van der Waals surface area (Å²) < 4.78 is 22.2. The van der Waals surface area contributed by atoms with Crippen molar-refractivity contribution in [2.75, 3.05) is 47.1 Å². The van der Waals surface area contributed by atoms with E-state index >= 15 is 0 Å². The first-order valence-corrected chi connectivity index (χ1v) is 13.7. The normalized spacial score (nSPS) is 18.8. The molecule has 0 saturated carbocycles. The minimum atomic E-state index is -0.647. The van der Waals surface area contributed by atoms with E-state index < -0.39 is 12.0 Å². The summed E-state index contributed by atoms with van der Waals surface area (Å²) in [6, 6.07) is 14.4. The maximum Gasteiger partial charge on any atom is 0.338 e. The smallest absolute Gasteiger partial charge is 0.338 e. The molecule has 3 aliphatic rings. The molecule has 0 N–H and O–H groups in total. The zero-order valence-corrected chi connectivity index (χ0v) is 23.0.